The van der Waals surface area contributed by atoms with Gasteiger partial charge in [0, 0.05) is 24.3 Å². The Hall–Kier alpha value is -2.86. The Morgan fingerprint density at radius 2 is 1.69 bits per heavy atom. The van der Waals surface area contributed by atoms with Crippen molar-refractivity contribution in [1.82, 2.24) is 15.5 Å². The molecule has 0 unspecified atom stereocenters. The molecule has 152 valence electrons. The van der Waals surface area contributed by atoms with Crippen LogP contribution in [0, 0.1) is 0 Å². The quantitative estimate of drug-likeness (QED) is 0.565. The highest BCUT2D eigenvalue weighted by atomic mass is 35.5. The molecule has 3 rings (SSSR count). The molecule has 0 saturated carbocycles. The van der Waals surface area contributed by atoms with Crippen LogP contribution < -0.4 is 10.1 Å². The molecule has 0 aliphatic heterocycles. The third kappa shape index (κ3) is 6.32. The van der Waals surface area contributed by atoms with Gasteiger partial charge in [-0.1, -0.05) is 35.9 Å². The number of carbonyl (C=O) groups excluding carboxylic acids is 1. The van der Waals surface area contributed by atoms with E-state index >= 15 is 0 Å². The van der Waals surface area contributed by atoms with Crippen LogP contribution in [0.1, 0.15) is 42.3 Å². The van der Waals surface area contributed by atoms with E-state index < -0.39 is 0 Å². The normalized spacial score (nSPS) is 11.8. The number of carbonyl (C=O) groups is 1. The average Bonchev–Trinajstić information content (AvgIpc) is 3.19. The van der Waals surface area contributed by atoms with Gasteiger partial charge in [0.2, 0.25) is 17.7 Å². The number of hydrogen-bond donors (Lipinski definition) is 1. The Kier molecular flexibility index (Phi) is 7.25. The van der Waals surface area contributed by atoms with Gasteiger partial charge in [0.05, 0.1) is 13.2 Å². The van der Waals surface area contributed by atoms with E-state index in [4.69, 9.17) is 20.8 Å². The number of hydrogen-bond acceptors (Lipinski definition) is 5. The van der Waals surface area contributed by atoms with Crippen LogP contribution in [0.15, 0.2) is 52.9 Å². The zero-order valence-corrected chi connectivity index (χ0v) is 17.3. The number of nitrogens with zero attached hydrogens (tertiary/aromatic N) is 2. The van der Waals surface area contributed by atoms with Crippen LogP contribution in [0.2, 0.25) is 5.02 Å². The molecule has 29 heavy (non-hydrogen) atoms. The maximum absolute atomic E-state index is 12.2. The predicted octanol–water partition coefficient (Wildman–Crippen LogP) is 4.33. The van der Waals surface area contributed by atoms with E-state index in [0.717, 1.165) is 17.7 Å². The zero-order valence-electron chi connectivity index (χ0n) is 16.5. The van der Waals surface area contributed by atoms with Gasteiger partial charge in [0.1, 0.15) is 5.75 Å². The number of halogens is 1. The van der Waals surface area contributed by atoms with Crippen molar-refractivity contribution in [2.75, 3.05) is 7.11 Å². The van der Waals surface area contributed by atoms with Crippen molar-refractivity contribution in [2.24, 2.45) is 0 Å². The lowest BCUT2D eigenvalue weighted by atomic mass is 10.1. The molecule has 2 aromatic carbocycles. The number of ether oxygens (including phenoxy) is 1. The largest absolute Gasteiger partial charge is 0.497 e. The van der Waals surface area contributed by atoms with Crippen LogP contribution in [-0.2, 0) is 24.1 Å². The Bertz CT molecular complexity index is 923. The molecular formula is C22H24ClN3O3. The van der Waals surface area contributed by atoms with Crippen molar-refractivity contribution in [3.8, 4) is 5.75 Å². The van der Waals surface area contributed by atoms with Gasteiger partial charge >= 0.3 is 0 Å². The number of rotatable bonds is 9. The fourth-order valence-electron chi connectivity index (χ4n) is 2.90. The van der Waals surface area contributed by atoms with Gasteiger partial charge < -0.3 is 14.5 Å². The second kappa shape index (κ2) is 10.1. The fourth-order valence-corrected chi connectivity index (χ4v) is 3.03. The molecule has 1 aromatic heterocycles. The molecule has 1 N–H and O–H groups in total. The number of amides is 1. The first kappa shape index (κ1) is 20.9. The summed E-state index contributed by atoms with van der Waals surface area (Å²) in [6.45, 7) is 1.94. The summed E-state index contributed by atoms with van der Waals surface area (Å²) in [5.74, 6) is 1.82. The molecule has 6 nitrogen and oxygen atoms in total. The minimum absolute atomic E-state index is 0.0644. The first-order valence-electron chi connectivity index (χ1n) is 9.52. The van der Waals surface area contributed by atoms with E-state index in [0.29, 0.717) is 29.6 Å². The minimum atomic E-state index is -0.0949. The van der Waals surface area contributed by atoms with Crippen molar-refractivity contribution in [1.29, 1.82) is 0 Å². The second-order valence-corrected chi connectivity index (χ2v) is 7.21. The topological polar surface area (TPSA) is 77.2 Å². The first-order valence-corrected chi connectivity index (χ1v) is 9.90. The summed E-state index contributed by atoms with van der Waals surface area (Å²) in [6.07, 6.45) is 2.15. The number of methoxy groups -OCH3 is 1. The molecule has 1 heterocycles. The van der Waals surface area contributed by atoms with Crippen LogP contribution in [0.3, 0.4) is 0 Å². The highest BCUT2D eigenvalue weighted by Crippen LogP contribution is 2.17. The third-order valence-electron chi connectivity index (χ3n) is 4.61. The average molecular weight is 414 g/mol. The van der Waals surface area contributed by atoms with Crippen molar-refractivity contribution in [2.45, 2.75) is 38.6 Å². The van der Waals surface area contributed by atoms with Gasteiger partial charge in [-0.15, -0.1) is 10.2 Å². The second-order valence-electron chi connectivity index (χ2n) is 6.78. The first-order chi connectivity index (χ1) is 14.0. The maximum atomic E-state index is 12.2. The molecule has 0 spiro atoms. The zero-order chi connectivity index (χ0) is 20.6. The lowest BCUT2D eigenvalue weighted by molar-refractivity contribution is -0.121. The molecule has 1 atom stereocenters. The van der Waals surface area contributed by atoms with Gasteiger partial charge in [-0.3, -0.25) is 4.79 Å². The molecular weight excluding hydrogens is 390 g/mol. The summed E-state index contributed by atoms with van der Waals surface area (Å²) in [6, 6.07) is 15.2. The highest BCUT2D eigenvalue weighted by molar-refractivity contribution is 6.30. The van der Waals surface area contributed by atoms with Crippen LogP contribution in [-0.4, -0.2) is 23.2 Å². The Labute approximate surface area is 175 Å². The van der Waals surface area contributed by atoms with Gasteiger partial charge in [0.15, 0.2) is 0 Å². The molecule has 1 amide bonds. The van der Waals surface area contributed by atoms with E-state index in [1.807, 2.05) is 55.5 Å². The highest BCUT2D eigenvalue weighted by Gasteiger charge is 2.12. The van der Waals surface area contributed by atoms with E-state index in [1.165, 1.54) is 5.56 Å². The minimum Gasteiger partial charge on any atom is -0.497 e. The van der Waals surface area contributed by atoms with Crippen LogP contribution >= 0.6 is 11.6 Å². The Morgan fingerprint density at radius 3 is 2.34 bits per heavy atom. The van der Waals surface area contributed by atoms with Gasteiger partial charge in [-0.2, -0.15) is 0 Å². The van der Waals surface area contributed by atoms with Crippen LogP contribution in [0.25, 0.3) is 0 Å². The monoisotopic (exact) mass is 413 g/mol. The summed E-state index contributed by atoms with van der Waals surface area (Å²) in [7, 11) is 1.65. The fraction of sp³-hybridized carbons (Fsp3) is 0.318. The molecule has 0 saturated heterocycles. The molecule has 7 heteroatoms. The van der Waals surface area contributed by atoms with E-state index in [-0.39, 0.29) is 18.4 Å². The van der Waals surface area contributed by atoms with Gasteiger partial charge in [-0.25, -0.2) is 0 Å². The predicted molar refractivity (Wildman–Crippen MR) is 111 cm³/mol. The summed E-state index contributed by atoms with van der Waals surface area (Å²) >= 11 is 5.90. The molecule has 0 fully saturated rings. The molecule has 0 bridgehead atoms. The number of benzene rings is 2. The van der Waals surface area contributed by atoms with E-state index in [9.17, 15) is 4.79 Å². The maximum Gasteiger partial charge on any atom is 0.220 e. The number of aryl methyl sites for hydroxylation is 3. The number of aromatic nitrogens is 2. The standard InChI is InChI=1S/C22H24ClN3O3/c1-15(17-6-8-18(23)9-7-17)24-20(27)12-14-22-26-25-21(29-22)13-5-16-3-10-19(28-2)11-4-16/h3-4,6-11,15H,5,12-14H2,1-2H3,(H,24,27)/t15-/m0/s1. The van der Waals surface area contributed by atoms with Crippen molar-refractivity contribution in [3.05, 3.63) is 76.5 Å². The third-order valence-corrected chi connectivity index (χ3v) is 4.86. The lowest BCUT2D eigenvalue weighted by Crippen LogP contribution is -2.26. The molecule has 0 aliphatic rings. The molecule has 0 aliphatic carbocycles. The van der Waals surface area contributed by atoms with E-state index in [1.54, 1.807) is 7.11 Å². The molecule has 0 radical (unpaired) electrons. The summed E-state index contributed by atoms with van der Waals surface area (Å²) in [5, 5.41) is 11.8. The van der Waals surface area contributed by atoms with Gasteiger partial charge in [0.25, 0.3) is 0 Å². The smallest absolute Gasteiger partial charge is 0.220 e. The van der Waals surface area contributed by atoms with E-state index in [2.05, 4.69) is 15.5 Å². The van der Waals surface area contributed by atoms with Crippen molar-refractivity contribution in [3.63, 3.8) is 0 Å². The Morgan fingerprint density at radius 1 is 1.03 bits per heavy atom. The summed E-state index contributed by atoms with van der Waals surface area (Å²) < 4.78 is 10.8. The Balaban J connectivity index is 1.43. The van der Waals surface area contributed by atoms with Crippen LogP contribution in [0.4, 0.5) is 0 Å². The molecule has 3 aromatic rings. The summed E-state index contributed by atoms with van der Waals surface area (Å²) in [4.78, 5) is 12.2. The van der Waals surface area contributed by atoms with Crippen LogP contribution in [0.5, 0.6) is 5.75 Å². The lowest BCUT2D eigenvalue weighted by Gasteiger charge is -2.14. The van der Waals surface area contributed by atoms with Gasteiger partial charge in [-0.05, 0) is 48.7 Å². The number of nitrogens with one attached hydrogen (secondary N) is 1. The summed E-state index contributed by atoms with van der Waals surface area (Å²) in [5.41, 5.74) is 2.17. The van der Waals surface area contributed by atoms with Crippen molar-refractivity contribution < 1.29 is 13.9 Å². The van der Waals surface area contributed by atoms with Crippen molar-refractivity contribution >= 4 is 17.5 Å². The SMILES string of the molecule is COc1ccc(CCc2nnc(CCC(=O)N[C@@H](C)c3ccc(Cl)cc3)o2)cc1.